The SMILES string of the molecule is CC1(c2ccccc2)CCCN(C(=O)C(N)C2CCOCC2)C1.Cl. The number of hydrogen-bond acceptors (Lipinski definition) is 3. The summed E-state index contributed by atoms with van der Waals surface area (Å²) >= 11 is 0. The molecule has 134 valence electrons. The quantitative estimate of drug-likeness (QED) is 0.910. The third-order valence-electron chi connectivity index (χ3n) is 5.54. The van der Waals surface area contributed by atoms with Crippen LogP contribution in [0.15, 0.2) is 30.3 Å². The summed E-state index contributed by atoms with van der Waals surface area (Å²) in [6, 6.07) is 10.2. The predicted molar refractivity (Wildman–Crippen MR) is 98.4 cm³/mol. The van der Waals surface area contributed by atoms with E-state index in [1.54, 1.807) is 0 Å². The van der Waals surface area contributed by atoms with Crippen molar-refractivity contribution in [3.8, 4) is 0 Å². The van der Waals surface area contributed by atoms with E-state index in [9.17, 15) is 4.79 Å². The van der Waals surface area contributed by atoms with Crippen LogP contribution < -0.4 is 5.73 Å². The third-order valence-corrected chi connectivity index (χ3v) is 5.54. The second-order valence-corrected chi connectivity index (χ2v) is 7.27. The van der Waals surface area contributed by atoms with Crippen molar-refractivity contribution >= 4 is 18.3 Å². The molecule has 2 aliphatic rings. The number of ether oxygens (including phenoxy) is 1. The lowest BCUT2D eigenvalue weighted by atomic mass is 9.75. The standard InChI is InChI=1S/C19H28N2O2.ClH/c1-19(16-6-3-2-4-7-16)10-5-11-21(14-19)18(22)17(20)15-8-12-23-13-9-15;/h2-4,6-7,15,17H,5,8-14,20H2,1H3;1H. The van der Waals surface area contributed by atoms with Gasteiger partial charge in [-0.25, -0.2) is 0 Å². The van der Waals surface area contributed by atoms with Crippen LogP contribution in [0, 0.1) is 5.92 Å². The van der Waals surface area contributed by atoms with Gasteiger partial charge in [0.1, 0.15) is 0 Å². The van der Waals surface area contributed by atoms with E-state index < -0.39 is 0 Å². The molecule has 24 heavy (non-hydrogen) atoms. The molecule has 1 aromatic rings. The van der Waals surface area contributed by atoms with Gasteiger partial charge in [0.15, 0.2) is 0 Å². The normalized spacial score (nSPS) is 26.5. The maximum atomic E-state index is 12.9. The monoisotopic (exact) mass is 352 g/mol. The Bertz CT molecular complexity index is 533. The summed E-state index contributed by atoms with van der Waals surface area (Å²) in [6.07, 6.45) is 3.96. The molecule has 2 heterocycles. The minimum Gasteiger partial charge on any atom is -0.381 e. The number of benzene rings is 1. The van der Waals surface area contributed by atoms with E-state index in [2.05, 4.69) is 31.2 Å². The van der Waals surface area contributed by atoms with Crippen LogP contribution in [0.3, 0.4) is 0 Å². The first-order chi connectivity index (χ1) is 11.1. The summed E-state index contributed by atoms with van der Waals surface area (Å²) in [7, 11) is 0. The summed E-state index contributed by atoms with van der Waals surface area (Å²) < 4.78 is 5.39. The molecule has 0 radical (unpaired) electrons. The zero-order valence-corrected chi connectivity index (χ0v) is 15.3. The maximum Gasteiger partial charge on any atom is 0.239 e. The van der Waals surface area contributed by atoms with Crippen LogP contribution in [0.2, 0.25) is 0 Å². The van der Waals surface area contributed by atoms with E-state index >= 15 is 0 Å². The van der Waals surface area contributed by atoms with E-state index in [0.717, 1.165) is 52.0 Å². The molecule has 2 N–H and O–H groups in total. The van der Waals surface area contributed by atoms with Crippen molar-refractivity contribution in [3.63, 3.8) is 0 Å². The van der Waals surface area contributed by atoms with E-state index in [-0.39, 0.29) is 35.7 Å². The molecular formula is C19H29ClN2O2. The number of rotatable bonds is 3. The maximum absolute atomic E-state index is 12.9. The Morgan fingerprint density at radius 2 is 1.96 bits per heavy atom. The molecule has 2 unspecified atom stereocenters. The number of carbonyl (C=O) groups excluding carboxylic acids is 1. The van der Waals surface area contributed by atoms with Gasteiger partial charge < -0.3 is 15.4 Å². The molecule has 4 nitrogen and oxygen atoms in total. The predicted octanol–water partition coefficient (Wildman–Crippen LogP) is 2.74. The number of nitrogens with two attached hydrogens (primary N) is 1. The second kappa shape index (κ2) is 8.32. The molecule has 5 heteroatoms. The van der Waals surface area contributed by atoms with Crippen LogP contribution in [-0.2, 0) is 14.9 Å². The van der Waals surface area contributed by atoms with Crippen LogP contribution in [0.4, 0.5) is 0 Å². The van der Waals surface area contributed by atoms with Crippen molar-refractivity contribution < 1.29 is 9.53 Å². The topological polar surface area (TPSA) is 55.6 Å². The Labute approximate surface area is 151 Å². The van der Waals surface area contributed by atoms with Gasteiger partial charge in [-0.05, 0) is 37.2 Å². The van der Waals surface area contributed by atoms with Gasteiger partial charge >= 0.3 is 0 Å². The third kappa shape index (κ3) is 4.11. The lowest BCUT2D eigenvalue weighted by molar-refractivity contribution is -0.136. The fourth-order valence-electron chi connectivity index (χ4n) is 3.99. The van der Waals surface area contributed by atoms with Crippen LogP contribution >= 0.6 is 12.4 Å². The smallest absolute Gasteiger partial charge is 0.239 e. The van der Waals surface area contributed by atoms with E-state index in [1.807, 2.05) is 11.0 Å². The number of piperidine rings is 1. The number of nitrogens with zero attached hydrogens (tertiary/aromatic N) is 1. The highest BCUT2D eigenvalue weighted by molar-refractivity contribution is 5.85. The van der Waals surface area contributed by atoms with Gasteiger partial charge in [-0.1, -0.05) is 37.3 Å². The van der Waals surface area contributed by atoms with Gasteiger partial charge in [-0.2, -0.15) is 0 Å². The number of carbonyl (C=O) groups is 1. The molecular weight excluding hydrogens is 324 g/mol. The number of hydrogen-bond donors (Lipinski definition) is 1. The molecule has 3 rings (SSSR count). The van der Waals surface area contributed by atoms with Gasteiger partial charge in [-0.15, -0.1) is 12.4 Å². The van der Waals surface area contributed by atoms with Gasteiger partial charge in [-0.3, -0.25) is 4.79 Å². The number of likely N-dealkylation sites (tertiary alicyclic amines) is 1. The Morgan fingerprint density at radius 1 is 1.29 bits per heavy atom. The first-order valence-electron chi connectivity index (χ1n) is 8.78. The van der Waals surface area contributed by atoms with E-state index in [4.69, 9.17) is 10.5 Å². The highest BCUT2D eigenvalue weighted by atomic mass is 35.5. The van der Waals surface area contributed by atoms with E-state index in [1.165, 1.54) is 5.56 Å². The molecule has 0 bridgehead atoms. The van der Waals surface area contributed by atoms with E-state index in [0.29, 0.717) is 0 Å². The molecule has 2 atom stereocenters. The van der Waals surface area contributed by atoms with Gasteiger partial charge in [0, 0.05) is 31.7 Å². The summed E-state index contributed by atoms with van der Waals surface area (Å²) in [5.41, 5.74) is 7.65. The van der Waals surface area contributed by atoms with Crippen LogP contribution in [0.25, 0.3) is 0 Å². The molecule has 0 saturated carbocycles. The van der Waals surface area contributed by atoms with Crippen LogP contribution in [0.5, 0.6) is 0 Å². The first kappa shape index (κ1) is 19.2. The fraction of sp³-hybridized carbons (Fsp3) is 0.632. The first-order valence-corrected chi connectivity index (χ1v) is 8.78. The second-order valence-electron chi connectivity index (χ2n) is 7.27. The Kier molecular flexibility index (Phi) is 6.67. The average Bonchev–Trinajstić information content (AvgIpc) is 2.62. The number of halogens is 1. The van der Waals surface area contributed by atoms with Crippen molar-refractivity contribution in [3.05, 3.63) is 35.9 Å². The zero-order chi connectivity index (χ0) is 16.3. The Hall–Kier alpha value is -1.10. The lowest BCUT2D eigenvalue weighted by Crippen LogP contribution is -2.54. The summed E-state index contributed by atoms with van der Waals surface area (Å²) in [4.78, 5) is 14.9. The fourth-order valence-corrected chi connectivity index (χ4v) is 3.99. The lowest BCUT2D eigenvalue weighted by Gasteiger charge is -2.42. The van der Waals surface area contributed by atoms with Crippen molar-refractivity contribution in [1.82, 2.24) is 4.90 Å². The molecule has 1 aromatic carbocycles. The Balaban J connectivity index is 0.00000208. The van der Waals surface area contributed by atoms with Crippen LogP contribution in [0.1, 0.15) is 38.2 Å². The minimum atomic E-state index is -0.378. The van der Waals surface area contributed by atoms with Crippen molar-refractivity contribution in [1.29, 1.82) is 0 Å². The summed E-state index contributed by atoms with van der Waals surface area (Å²) in [5.74, 6) is 0.389. The molecule has 0 aromatic heterocycles. The highest BCUT2D eigenvalue weighted by Gasteiger charge is 2.37. The van der Waals surface area contributed by atoms with Gasteiger partial charge in [0.05, 0.1) is 6.04 Å². The van der Waals surface area contributed by atoms with Crippen LogP contribution in [-0.4, -0.2) is 43.2 Å². The molecule has 1 amide bonds. The summed E-state index contributed by atoms with van der Waals surface area (Å²) in [5, 5.41) is 0. The highest BCUT2D eigenvalue weighted by Crippen LogP contribution is 2.34. The van der Waals surface area contributed by atoms with Crippen molar-refractivity contribution in [2.45, 2.75) is 44.1 Å². The van der Waals surface area contributed by atoms with Gasteiger partial charge in [0.25, 0.3) is 0 Å². The molecule has 0 spiro atoms. The largest absolute Gasteiger partial charge is 0.381 e. The zero-order valence-electron chi connectivity index (χ0n) is 14.4. The minimum absolute atomic E-state index is 0. The van der Waals surface area contributed by atoms with Gasteiger partial charge in [0.2, 0.25) is 5.91 Å². The molecule has 2 saturated heterocycles. The summed E-state index contributed by atoms with van der Waals surface area (Å²) in [6.45, 7) is 5.33. The van der Waals surface area contributed by atoms with Crippen molar-refractivity contribution in [2.75, 3.05) is 26.3 Å². The number of amides is 1. The van der Waals surface area contributed by atoms with Crippen molar-refractivity contribution in [2.24, 2.45) is 11.7 Å². The average molecular weight is 353 g/mol. The molecule has 0 aliphatic carbocycles. The Morgan fingerprint density at radius 3 is 2.62 bits per heavy atom. The molecule has 2 aliphatic heterocycles. The molecule has 2 fully saturated rings.